The number of carbonyl (C=O) groups excluding carboxylic acids is 1. The molecule has 4 aromatic rings. The van der Waals surface area contributed by atoms with E-state index in [2.05, 4.69) is 36.3 Å². The number of nitrogens with zero attached hydrogens (tertiary/aromatic N) is 1. The summed E-state index contributed by atoms with van der Waals surface area (Å²) < 4.78 is 11.2. The van der Waals surface area contributed by atoms with Crippen LogP contribution in [-0.2, 0) is 0 Å². The van der Waals surface area contributed by atoms with Crippen LogP contribution >= 0.6 is 0 Å². The number of carbonyl (C=O) groups is 1. The Balaban J connectivity index is 1.64. The highest BCUT2D eigenvalue weighted by Crippen LogP contribution is 2.30. The van der Waals surface area contributed by atoms with Gasteiger partial charge in [0.1, 0.15) is 11.3 Å². The largest absolute Gasteiger partial charge is 0.497 e. The molecule has 1 amide bonds. The number of aryl methyl sites for hydroxylation is 1. The molecule has 4 rings (SSSR count). The first-order valence-corrected chi connectivity index (χ1v) is 9.91. The van der Waals surface area contributed by atoms with Gasteiger partial charge in [-0.3, -0.25) is 4.79 Å². The summed E-state index contributed by atoms with van der Waals surface area (Å²) in [6, 6.07) is 18.9. The van der Waals surface area contributed by atoms with Gasteiger partial charge in [0.25, 0.3) is 5.91 Å². The molecule has 0 fully saturated rings. The second kappa shape index (κ2) is 8.03. The first-order chi connectivity index (χ1) is 14.4. The van der Waals surface area contributed by atoms with Gasteiger partial charge in [-0.2, -0.15) is 0 Å². The summed E-state index contributed by atoms with van der Waals surface area (Å²) in [6.45, 7) is 6.25. The van der Waals surface area contributed by atoms with Crippen LogP contribution in [0.25, 0.3) is 22.6 Å². The molecule has 0 spiro atoms. The average molecular weight is 400 g/mol. The highest BCUT2D eigenvalue weighted by molar-refractivity contribution is 6.05. The number of anilines is 1. The van der Waals surface area contributed by atoms with Crippen LogP contribution in [0, 0.1) is 6.92 Å². The van der Waals surface area contributed by atoms with Crippen LogP contribution in [0.1, 0.15) is 41.3 Å². The maximum absolute atomic E-state index is 12.7. The van der Waals surface area contributed by atoms with Crippen LogP contribution in [0.5, 0.6) is 5.75 Å². The fraction of sp³-hybridized carbons (Fsp3) is 0.200. The van der Waals surface area contributed by atoms with Crippen molar-refractivity contribution in [2.24, 2.45) is 0 Å². The van der Waals surface area contributed by atoms with E-state index in [-0.39, 0.29) is 5.91 Å². The number of rotatable bonds is 5. The summed E-state index contributed by atoms with van der Waals surface area (Å²) in [7, 11) is 1.58. The van der Waals surface area contributed by atoms with Crippen LogP contribution in [0.15, 0.2) is 65.1 Å². The fourth-order valence-electron chi connectivity index (χ4n) is 3.28. The minimum Gasteiger partial charge on any atom is -0.497 e. The van der Waals surface area contributed by atoms with Crippen LogP contribution in [0.3, 0.4) is 0 Å². The van der Waals surface area contributed by atoms with Crippen LogP contribution in [0.2, 0.25) is 0 Å². The standard InChI is InChI=1S/C25H24N2O3/c1-15(2)17-10-11-23-22(13-17)27-25(30-23)19-9-8-16(3)21(14-19)26-24(28)18-6-5-7-20(12-18)29-4/h5-15H,1-4H3,(H,26,28). The maximum Gasteiger partial charge on any atom is 0.255 e. The van der Waals surface area contributed by atoms with E-state index in [0.29, 0.717) is 28.8 Å². The molecule has 5 heteroatoms. The van der Waals surface area contributed by atoms with Gasteiger partial charge in [-0.15, -0.1) is 0 Å². The molecule has 0 aliphatic carbocycles. The number of hydrogen-bond donors (Lipinski definition) is 1. The van der Waals surface area contributed by atoms with Crippen molar-refractivity contribution in [1.82, 2.24) is 4.98 Å². The van der Waals surface area contributed by atoms with Crippen molar-refractivity contribution in [3.8, 4) is 17.2 Å². The second-order valence-corrected chi connectivity index (χ2v) is 7.62. The second-order valence-electron chi connectivity index (χ2n) is 7.62. The first kappa shape index (κ1) is 19.7. The van der Waals surface area contributed by atoms with Gasteiger partial charge >= 0.3 is 0 Å². The molecule has 1 N–H and O–H groups in total. The summed E-state index contributed by atoms with van der Waals surface area (Å²) in [5.41, 5.74) is 5.80. The van der Waals surface area contributed by atoms with E-state index in [9.17, 15) is 4.79 Å². The molecule has 30 heavy (non-hydrogen) atoms. The van der Waals surface area contributed by atoms with Gasteiger partial charge < -0.3 is 14.5 Å². The zero-order valence-corrected chi connectivity index (χ0v) is 17.5. The van der Waals surface area contributed by atoms with Crippen molar-refractivity contribution >= 4 is 22.7 Å². The molecule has 0 atom stereocenters. The predicted octanol–water partition coefficient (Wildman–Crippen LogP) is 6.19. The van der Waals surface area contributed by atoms with Crippen molar-refractivity contribution in [3.63, 3.8) is 0 Å². The Morgan fingerprint density at radius 1 is 1.07 bits per heavy atom. The summed E-state index contributed by atoms with van der Waals surface area (Å²) in [5.74, 6) is 1.39. The minimum atomic E-state index is -0.201. The molecule has 0 saturated carbocycles. The van der Waals surface area contributed by atoms with E-state index in [0.717, 1.165) is 22.2 Å². The fourth-order valence-corrected chi connectivity index (χ4v) is 3.28. The number of hydrogen-bond acceptors (Lipinski definition) is 4. The lowest BCUT2D eigenvalue weighted by atomic mass is 10.0. The van der Waals surface area contributed by atoms with Crippen molar-refractivity contribution in [1.29, 1.82) is 0 Å². The lowest BCUT2D eigenvalue weighted by Gasteiger charge is -2.10. The number of amides is 1. The van der Waals surface area contributed by atoms with Gasteiger partial charge in [0.15, 0.2) is 5.58 Å². The molecule has 0 bridgehead atoms. The Hall–Kier alpha value is -3.60. The molecule has 0 aliphatic heterocycles. The number of fused-ring (bicyclic) bond motifs is 1. The van der Waals surface area contributed by atoms with Crippen molar-refractivity contribution in [3.05, 3.63) is 77.4 Å². The highest BCUT2D eigenvalue weighted by Gasteiger charge is 2.14. The monoisotopic (exact) mass is 400 g/mol. The molecule has 0 aliphatic rings. The summed E-state index contributed by atoms with van der Waals surface area (Å²) >= 11 is 0. The Bertz CT molecular complexity index is 1220. The predicted molar refractivity (Wildman–Crippen MR) is 119 cm³/mol. The lowest BCUT2D eigenvalue weighted by molar-refractivity contribution is 0.102. The molecule has 5 nitrogen and oxygen atoms in total. The number of aromatic nitrogens is 1. The molecule has 0 saturated heterocycles. The van der Waals surface area contributed by atoms with Gasteiger partial charge in [-0.25, -0.2) is 4.98 Å². The molecular weight excluding hydrogens is 376 g/mol. The smallest absolute Gasteiger partial charge is 0.255 e. The summed E-state index contributed by atoms with van der Waals surface area (Å²) in [5, 5.41) is 2.98. The molecule has 0 radical (unpaired) electrons. The van der Waals surface area contributed by atoms with E-state index >= 15 is 0 Å². The topological polar surface area (TPSA) is 64.4 Å². The van der Waals surface area contributed by atoms with Crippen LogP contribution in [0.4, 0.5) is 5.69 Å². The third-order valence-electron chi connectivity index (χ3n) is 5.14. The van der Waals surface area contributed by atoms with Crippen molar-refractivity contribution in [2.75, 3.05) is 12.4 Å². The average Bonchev–Trinajstić information content (AvgIpc) is 3.18. The zero-order chi connectivity index (χ0) is 21.3. The van der Waals surface area contributed by atoms with E-state index in [1.54, 1.807) is 31.4 Å². The molecular formula is C25H24N2O3. The van der Waals surface area contributed by atoms with E-state index < -0.39 is 0 Å². The van der Waals surface area contributed by atoms with Gasteiger partial charge in [-0.1, -0.05) is 32.0 Å². The molecule has 152 valence electrons. The van der Waals surface area contributed by atoms with Gasteiger partial charge in [0, 0.05) is 16.8 Å². The number of oxazole rings is 1. The Kier molecular flexibility index (Phi) is 5.27. The highest BCUT2D eigenvalue weighted by atomic mass is 16.5. The van der Waals surface area contributed by atoms with Crippen molar-refractivity contribution in [2.45, 2.75) is 26.7 Å². The van der Waals surface area contributed by atoms with Gasteiger partial charge in [0.05, 0.1) is 7.11 Å². The Labute approximate surface area is 175 Å². The molecule has 1 heterocycles. The number of methoxy groups -OCH3 is 1. The SMILES string of the molecule is COc1cccc(C(=O)Nc2cc(-c3nc4cc(C(C)C)ccc4o3)ccc2C)c1. The van der Waals surface area contributed by atoms with Crippen molar-refractivity contribution < 1.29 is 13.9 Å². The number of benzene rings is 3. The molecule has 3 aromatic carbocycles. The Morgan fingerprint density at radius 2 is 1.90 bits per heavy atom. The van der Waals surface area contributed by atoms with E-state index in [1.165, 1.54) is 5.56 Å². The quantitative estimate of drug-likeness (QED) is 0.434. The molecule has 1 aromatic heterocycles. The van der Waals surface area contributed by atoms with E-state index in [4.69, 9.17) is 9.15 Å². The van der Waals surface area contributed by atoms with Gasteiger partial charge in [0.2, 0.25) is 5.89 Å². The molecule has 0 unspecified atom stereocenters. The lowest BCUT2D eigenvalue weighted by Crippen LogP contribution is -2.12. The third-order valence-corrected chi connectivity index (χ3v) is 5.14. The maximum atomic E-state index is 12.7. The minimum absolute atomic E-state index is 0.201. The third kappa shape index (κ3) is 3.92. The Morgan fingerprint density at radius 3 is 2.67 bits per heavy atom. The van der Waals surface area contributed by atoms with Crippen LogP contribution in [-0.4, -0.2) is 18.0 Å². The van der Waals surface area contributed by atoms with Crippen LogP contribution < -0.4 is 10.1 Å². The van der Waals surface area contributed by atoms with Gasteiger partial charge in [-0.05, 0) is 66.4 Å². The normalized spacial score (nSPS) is 11.1. The number of ether oxygens (including phenoxy) is 1. The summed E-state index contributed by atoms with van der Waals surface area (Å²) in [6.07, 6.45) is 0. The zero-order valence-electron chi connectivity index (χ0n) is 17.5. The first-order valence-electron chi connectivity index (χ1n) is 9.91. The summed E-state index contributed by atoms with van der Waals surface area (Å²) in [4.78, 5) is 17.4. The number of nitrogens with one attached hydrogen (secondary N) is 1. The van der Waals surface area contributed by atoms with E-state index in [1.807, 2.05) is 31.2 Å².